The Balaban J connectivity index is 1.35. The first-order valence-electron chi connectivity index (χ1n) is 12.0. The topological polar surface area (TPSA) is 65.9 Å². The van der Waals surface area contributed by atoms with Gasteiger partial charge in [-0.1, -0.05) is 34.5 Å². The molecule has 0 bridgehead atoms. The molecular formula is C26H29Cl2N3O3S. The lowest BCUT2D eigenvalue weighted by Gasteiger charge is -2.48. The lowest BCUT2D eigenvalue weighted by molar-refractivity contribution is -0.131. The smallest absolute Gasteiger partial charge is 0.308 e. The SMILES string of the molecule is CC(=O)Oc1cc(Cl)cc(C(O)CC2(N3CCCC3)CCN(c3nc4ccc(Cl)cc4s3)CC2)c1. The van der Waals surface area contributed by atoms with Gasteiger partial charge in [0.25, 0.3) is 0 Å². The first kappa shape index (κ1) is 24.8. The normalized spacial score (nSPS) is 19.3. The summed E-state index contributed by atoms with van der Waals surface area (Å²) < 4.78 is 6.33. The molecule has 0 aliphatic carbocycles. The number of rotatable bonds is 6. The molecule has 2 fully saturated rings. The van der Waals surface area contributed by atoms with Gasteiger partial charge in [0.2, 0.25) is 0 Å². The van der Waals surface area contributed by atoms with Crippen LogP contribution in [0.15, 0.2) is 36.4 Å². The van der Waals surface area contributed by atoms with Gasteiger partial charge in [0.15, 0.2) is 5.13 Å². The van der Waals surface area contributed by atoms with E-state index in [1.165, 1.54) is 19.8 Å². The molecular weight excluding hydrogens is 505 g/mol. The first-order chi connectivity index (χ1) is 16.8. The predicted octanol–water partition coefficient (Wildman–Crippen LogP) is 6.09. The second kappa shape index (κ2) is 10.2. The molecule has 2 aliphatic heterocycles. The molecule has 1 unspecified atom stereocenters. The minimum Gasteiger partial charge on any atom is -0.427 e. The third kappa shape index (κ3) is 5.44. The highest BCUT2D eigenvalue weighted by Crippen LogP contribution is 2.42. The van der Waals surface area contributed by atoms with Crippen molar-refractivity contribution in [3.8, 4) is 5.75 Å². The number of hydrogen-bond donors (Lipinski definition) is 1. The molecule has 5 rings (SSSR count). The molecule has 1 atom stereocenters. The van der Waals surface area contributed by atoms with Gasteiger partial charge in [0.05, 0.1) is 16.3 Å². The van der Waals surface area contributed by atoms with Crippen LogP contribution in [0, 0.1) is 0 Å². The third-order valence-corrected chi connectivity index (χ3v) is 8.73. The largest absolute Gasteiger partial charge is 0.427 e. The number of hydrogen-bond acceptors (Lipinski definition) is 7. The van der Waals surface area contributed by atoms with Gasteiger partial charge in [-0.25, -0.2) is 4.98 Å². The molecule has 0 saturated carbocycles. The Morgan fingerprint density at radius 2 is 1.86 bits per heavy atom. The van der Waals surface area contributed by atoms with Gasteiger partial charge in [0.1, 0.15) is 5.75 Å². The number of benzene rings is 2. The van der Waals surface area contributed by atoms with Crippen LogP contribution in [0.4, 0.5) is 5.13 Å². The maximum Gasteiger partial charge on any atom is 0.308 e. The van der Waals surface area contributed by atoms with Crippen LogP contribution in [0.3, 0.4) is 0 Å². The van der Waals surface area contributed by atoms with Crippen LogP contribution in [-0.4, -0.2) is 52.7 Å². The minimum absolute atomic E-state index is 0.101. The van der Waals surface area contributed by atoms with Crippen LogP contribution >= 0.6 is 34.5 Å². The fourth-order valence-electron chi connectivity index (χ4n) is 5.46. The zero-order valence-electron chi connectivity index (χ0n) is 19.7. The zero-order valence-corrected chi connectivity index (χ0v) is 22.0. The van der Waals surface area contributed by atoms with E-state index in [1.54, 1.807) is 29.5 Å². The van der Waals surface area contributed by atoms with Crippen LogP contribution in [0.1, 0.15) is 50.7 Å². The number of aliphatic hydroxyl groups is 1. The summed E-state index contributed by atoms with van der Waals surface area (Å²) in [6, 6.07) is 10.9. The number of thiazole rings is 1. The van der Waals surface area contributed by atoms with E-state index >= 15 is 0 Å². The number of piperidine rings is 1. The molecule has 1 N–H and O–H groups in total. The summed E-state index contributed by atoms with van der Waals surface area (Å²) in [4.78, 5) is 21.2. The van der Waals surface area contributed by atoms with Crippen LogP contribution in [-0.2, 0) is 4.79 Å². The zero-order chi connectivity index (χ0) is 24.6. The van der Waals surface area contributed by atoms with E-state index in [9.17, 15) is 9.90 Å². The lowest BCUT2D eigenvalue weighted by atomic mass is 9.79. The summed E-state index contributed by atoms with van der Waals surface area (Å²) in [5, 5.41) is 13.5. The molecule has 2 aromatic carbocycles. The van der Waals surface area contributed by atoms with Crippen LogP contribution in [0.25, 0.3) is 10.2 Å². The van der Waals surface area contributed by atoms with Gasteiger partial charge in [0, 0.05) is 35.6 Å². The monoisotopic (exact) mass is 533 g/mol. The van der Waals surface area contributed by atoms with Gasteiger partial charge in [-0.05, 0) is 87.2 Å². The van der Waals surface area contributed by atoms with Crippen molar-refractivity contribution in [3.63, 3.8) is 0 Å². The Morgan fingerprint density at radius 3 is 2.57 bits per heavy atom. The van der Waals surface area contributed by atoms with Gasteiger partial charge in [-0.2, -0.15) is 0 Å². The molecule has 186 valence electrons. The first-order valence-corrected chi connectivity index (χ1v) is 13.6. The molecule has 3 heterocycles. The molecule has 2 saturated heterocycles. The Kier molecular flexibility index (Phi) is 7.24. The fourth-order valence-corrected chi connectivity index (χ4v) is 6.98. The summed E-state index contributed by atoms with van der Waals surface area (Å²) in [5.41, 5.74) is 1.56. The number of fused-ring (bicyclic) bond motifs is 1. The van der Waals surface area contributed by atoms with E-state index in [2.05, 4.69) is 9.80 Å². The second-order valence-electron chi connectivity index (χ2n) is 9.55. The second-order valence-corrected chi connectivity index (χ2v) is 11.4. The van der Waals surface area contributed by atoms with Crippen molar-refractivity contribution in [2.75, 3.05) is 31.1 Å². The van der Waals surface area contributed by atoms with Crippen molar-refractivity contribution in [2.24, 2.45) is 0 Å². The van der Waals surface area contributed by atoms with Gasteiger partial charge in [-0.15, -0.1) is 0 Å². The van der Waals surface area contributed by atoms with Gasteiger partial charge < -0.3 is 14.7 Å². The van der Waals surface area contributed by atoms with Gasteiger partial charge >= 0.3 is 5.97 Å². The summed E-state index contributed by atoms with van der Waals surface area (Å²) in [6.07, 6.45) is 4.16. The van der Waals surface area contributed by atoms with E-state index in [-0.39, 0.29) is 5.54 Å². The maximum atomic E-state index is 11.4. The van der Waals surface area contributed by atoms with Crippen molar-refractivity contribution in [2.45, 2.75) is 50.7 Å². The van der Waals surface area contributed by atoms with Crippen LogP contribution < -0.4 is 9.64 Å². The molecule has 9 heteroatoms. The van der Waals surface area contributed by atoms with Crippen molar-refractivity contribution >= 4 is 55.9 Å². The van der Waals surface area contributed by atoms with E-state index in [4.69, 9.17) is 32.9 Å². The number of carbonyl (C=O) groups is 1. The molecule has 6 nitrogen and oxygen atoms in total. The number of esters is 1. The van der Waals surface area contributed by atoms with Crippen molar-refractivity contribution in [1.29, 1.82) is 0 Å². The van der Waals surface area contributed by atoms with Crippen molar-refractivity contribution < 1.29 is 14.6 Å². The summed E-state index contributed by atoms with van der Waals surface area (Å²) in [6.45, 7) is 5.23. The highest BCUT2D eigenvalue weighted by Gasteiger charge is 2.43. The van der Waals surface area contributed by atoms with E-state index in [1.807, 2.05) is 18.2 Å². The minimum atomic E-state index is -0.709. The number of aliphatic hydroxyl groups excluding tert-OH is 1. The molecule has 0 amide bonds. The van der Waals surface area contributed by atoms with Gasteiger partial charge in [-0.3, -0.25) is 9.69 Å². The number of likely N-dealkylation sites (tertiary alicyclic amines) is 1. The van der Waals surface area contributed by atoms with Crippen LogP contribution in [0.5, 0.6) is 5.75 Å². The van der Waals surface area contributed by atoms with E-state index in [0.717, 1.165) is 59.4 Å². The predicted molar refractivity (Wildman–Crippen MR) is 142 cm³/mol. The Bertz CT molecular complexity index is 1220. The number of anilines is 1. The number of aromatic nitrogens is 1. The molecule has 2 aliphatic rings. The molecule has 0 radical (unpaired) electrons. The fraction of sp³-hybridized carbons (Fsp3) is 0.462. The molecule has 3 aromatic rings. The summed E-state index contributed by atoms with van der Waals surface area (Å²) in [7, 11) is 0. The molecule has 0 spiro atoms. The third-order valence-electron chi connectivity index (χ3n) is 7.19. The number of halogens is 2. The average Bonchev–Trinajstić information content (AvgIpc) is 3.49. The van der Waals surface area contributed by atoms with Crippen molar-refractivity contribution in [1.82, 2.24) is 9.88 Å². The molecule has 35 heavy (non-hydrogen) atoms. The lowest BCUT2D eigenvalue weighted by Crippen LogP contribution is -2.55. The maximum absolute atomic E-state index is 11.4. The van der Waals surface area contributed by atoms with E-state index in [0.29, 0.717) is 22.8 Å². The Morgan fingerprint density at radius 1 is 1.11 bits per heavy atom. The summed E-state index contributed by atoms with van der Waals surface area (Å²) >= 11 is 14.1. The summed E-state index contributed by atoms with van der Waals surface area (Å²) in [5.74, 6) is -0.0502. The highest BCUT2D eigenvalue weighted by molar-refractivity contribution is 7.22. The van der Waals surface area contributed by atoms with E-state index < -0.39 is 12.1 Å². The number of ether oxygens (including phenoxy) is 1. The van der Waals surface area contributed by atoms with Crippen molar-refractivity contribution in [3.05, 3.63) is 52.0 Å². The quantitative estimate of drug-likeness (QED) is 0.305. The Labute approximate surface area is 219 Å². The standard InChI is InChI=1S/C26H29Cl2N3O3S/c1-17(32)34-21-13-18(12-20(28)14-21)23(33)16-26(31-8-2-3-9-31)6-10-30(11-7-26)25-29-22-5-4-19(27)15-24(22)35-25/h4-5,12-15,23,33H,2-3,6-11,16H2,1H3. The highest BCUT2D eigenvalue weighted by atomic mass is 35.5. The molecule has 1 aromatic heterocycles. The Hall–Kier alpha value is -1.90. The van der Waals surface area contributed by atoms with Crippen LogP contribution in [0.2, 0.25) is 10.0 Å². The number of carbonyl (C=O) groups excluding carboxylic acids is 1. The number of nitrogens with zero attached hydrogens (tertiary/aromatic N) is 3. The average molecular weight is 535 g/mol.